The van der Waals surface area contributed by atoms with Crippen molar-refractivity contribution in [2.75, 3.05) is 12.1 Å². The van der Waals surface area contributed by atoms with Crippen molar-refractivity contribution in [3.8, 4) is 5.88 Å². The molecular weight excluding hydrogens is 256 g/mol. The summed E-state index contributed by atoms with van der Waals surface area (Å²) < 4.78 is 0. The van der Waals surface area contributed by atoms with Crippen molar-refractivity contribution in [3.63, 3.8) is 0 Å². The molecule has 1 N–H and O–H groups in total. The average Bonchev–Trinajstić information content (AvgIpc) is 2.41. The molecule has 2 rings (SSSR count). The Hall–Kier alpha value is -2.56. The number of rotatable bonds is 4. The van der Waals surface area contributed by atoms with Gasteiger partial charge in [0.05, 0.1) is 11.3 Å². The van der Waals surface area contributed by atoms with E-state index in [-0.39, 0.29) is 5.56 Å². The van der Waals surface area contributed by atoms with Crippen LogP contribution < -0.4 is 9.90 Å². The zero-order chi connectivity index (χ0) is 14.7. The molecule has 0 aliphatic rings. The fourth-order valence-corrected chi connectivity index (χ4v) is 1.84. The number of aromatic nitrogens is 1. The second kappa shape index (κ2) is 5.61. The predicted octanol–water partition coefficient (Wildman–Crippen LogP) is 2.83. The summed E-state index contributed by atoms with van der Waals surface area (Å²) in [5.41, 5.74) is 2.92. The first-order chi connectivity index (χ1) is 9.47. The smallest absolute Gasteiger partial charge is 0.335 e. The van der Waals surface area contributed by atoms with Gasteiger partial charge >= 0.3 is 5.97 Å². The number of carboxylic acids is 1. The van der Waals surface area contributed by atoms with Crippen molar-refractivity contribution in [3.05, 3.63) is 53.2 Å². The Morgan fingerprint density at radius 3 is 2.55 bits per heavy atom. The summed E-state index contributed by atoms with van der Waals surface area (Å²) in [7, 11) is 1.75. The van der Waals surface area contributed by atoms with E-state index < -0.39 is 5.97 Å². The maximum absolute atomic E-state index is 10.9. The number of anilines is 1. The van der Waals surface area contributed by atoms with Crippen LogP contribution >= 0.6 is 0 Å². The minimum absolute atomic E-state index is 0.258. The highest BCUT2D eigenvalue weighted by Gasteiger charge is 2.10. The largest absolute Gasteiger partial charge is 0.478 e. The van der Waals surface area contributed by atoms with Crippen molar-refractivity contribution < 1.29 is 14.7 Å². The maximum atomic E-state index is 10.9. The highest BCUT2D eigenvalue weighted by Crippen LogP contribution is 2.21. The molecule has 0 unspecified atom stereocenters. The number of pyridine rings is 1. The van der Waals surface area contributed by atoms with Crippen LogP contribution in [0, 0.1) is 13.8 Å². The lowest BCUT2D eigenvalue weighted by atomic mass is 10.1. The Balaban J connectivity index is 2.18. The highest BCUT2D eigenvalue weighted by molar-refractivity contribution is 5.88. The number of hydroxylamine groups is 1. The second-order valence-corrected chi connectivity index (χ2v) is 4.57. The number of hydrogen-bond donors (Lipinski definition) is 1. The SMILES string of the molecule is Cc1ccc(ON(C)c2ccc(C(=O)O)cc2C)nc1. The van der Waals surface area contributed by atoms with E-state index in [1.807, 2.05) is 19.9 Å². The molecule has 20 heavy (non-hydrogen) atoms. The maximum Gasteiger partial charge on any atom is 0.335 e. The molecule has 0 atom stereocenters. The summed E-state index contributed by atoms with van der Waals surface area (Å²) in [6.45, 7) is 3.79. The summed E-state index contributed by atoms with van der Waals surface area (Å²) in [5.74, 6) is -0.455. The second-order valence-electron chi connectivity index (χ2n) is 4.57. The lowest BCUT2D eigenvalue weighted by Crippen LogP contribution is -2.23. The molecule has 5 nitrogen and oxygen atoms in total. The van der Waals surface area contributed by atoms with Crippen molar-refractivity contribution in [1.29, 1.82) is 0 Å². The number of aryl methyl sites for hydroxylation is 2. The van der Waals surface area contributed by atoms with Gasteiger partial charge in [0.15, 0.2) is 0 Å². The van der Waals surface area contributed by atoms with Gasteiger partial charge in [-0.1, -0.05) is 6.07 Å². The fourth-order valence-electron chi connectivity index (χ4n) is 1.84. The third-order valence-electron chi connectivity index (χ3n) is 2.90. The molecule has 2 aromatic rings. The molecule has 1 heterocycles. The van der Waals surface area contributed by atoms with Crippen LogP contribution in [0.25, 0.3) is 0 Å². The molecule has 0 amide bonds. The minimum atomic E-state index is -0.941. The lowest BCUT2D eigenvalue weighted by molar-refractivity contribution is 0.0696. The van der Waals surface area contributed by atoms with Gasteiger partial charge in [0.1, 0.15) is 0 Å². The third-order valence-corrected chi connectivity index (χ3v) is 2.90. The van der Waals surface area contributed by atoms with Gasteiger partial charge in [-0.3, -0.25) is 0 Å². The summed E-state index contributed by atoms with van der Waals surface area (Å²) in [5, 5.41) is 10.5. The Labute approximate surface area is 117 Å². The fraction of sp³-hybridized carbons (Fsp3) is 0.200. The predicted molar refractivity (Wildman–Crippen MR) is 76.1 cm³/mol. The number of carboxylic acid groups (broad SMARTS) is 1. The van der Waals surface area contributed by atoms with Crippen LogP contribution in [0.4, 0.5) is 5.69 Å². The number of benzene rings is 1. The van der Waals surface area contributed by atoms with Crippen LogP contribution in [0.3, 0.4) is 0 Å². The first-order valence-electron chi connectivity index (χ1n) is 6.15. The Bertz CT molecular complexity index is 624. The standard InChI is InChI=1S/C15H16N2O3/c1-10-4-7-14(16-9-10)20-17(3)13-6-5-12(15(18)19)8-11(13)2/h4-9H,1-3H3,(H,18,19). The normalized spacial score (nSPS) is 10.2. The minimum Gasteiger partial charge on any atom is -0.478 e. The van der Waals surface area contributed by atoms with Crippen LogP contribution in [0.5, 0.6) is 5.88 Å². The molecule has 0 aliphatic carbocycles. The van der Waals surface area contributed by atoms with Crippen molar-refractivity contribution in [1.82, 2.24) is 4.98 Å². The Morgan fingerprint density at radius 1 is 1.25 bits per heavy atom. The van der Waals surface area contributed by atoms with Crippen molar-refractivity contribution >= 4 is 11.7 Å². The van der Waals surface area contributed by atoms with E-state index in [1.165, 1.54) is 0 Å². The van der Waals surface area contributed by atoms with Crippen LogP contribution in [-0.2, 0) is 0 Å². The molecule has 0 saturated heterocycles. The number of carbonyl (C=O) groups is 1. The summed E-state index contributed by atoms with van der Waals surface area (Å²) in [6, 6.07) is 8.57. The Morgan fingerprint density at radius 2 is 2.00 bits per heavy atom. The number of nitrogens with zero attached hydrogens (tertiary/aromatic N) is 2. The molecule has 0 saturated carbocycles. The molecule has 0 radical (unpaired) electrons. The molecule has 1 aromatic heterocycles. The third kappa shape index (κ3) is 3.06. The van der Waals surface area contributed by atoms with Crippen molar-refractivity contribution in [2.24, 2.45) is 0 Å². The highest BCUT2D eigenvalue weighted by atomic mass is 16.7. The molecule has 0 fully saturated rings. The van der Waals surface area contributed by atoms with Gasteiger partial charge in [-0.15, -0.1) is 0 Å². The molecule has 1 aromatic carbocycles. The molecule has 0 bridgehead atoms. The van der Waals surface area contributed by atoms with E-state index in [2.05, 4.69) is 4.98 Å². The van der Waals surface area contributed by atoms with E-state index in [9.17, 15) is 4.79 Å². The molecule has 5 heteroatoms. The summed E-state index contributed by atoms with van der Waals surface area (Å²) >= 11 is 0. The monoisotopic (exact) mass is 272 g/mol. The van der Waals surface area contributed by atoms with E-state index in [0.717, 1.165) is 16.8 Å². The van der Waals surface area contributed by atoms with Crippen LogP contribution in [0.2, 0.25) is 0 Å². The zero-order valence-corrected chi connectivity index (χ0v) is 11.6. The lowest BCUT2D eigenvalue weighted by Gasteiger charge is -2.20. The van der Waals surface area contributed by atoms with E-state index in [0.29, 0.717) is 5.88 Å². The van der Waals surface area contributed by atoms with Gasteiger partial charge in [0.25, 0.3) is 0 Å². The van der Waals surface area contributed by atoms with Gasteiger partial charge < -0.3 is 9.94 Å². The van der Waals surface area contributed by atoms with E-state index >= 15 is 0 Å². The van der Waals surface area contributed by atoms with Gasteiger partial charge in [0.2, 0.25) is 5.88 Å². The van der Waals surface area contributed by atoms with Crippen LogP contribution in [0.15, 0.2) is 36.5 Å². The van der Waals surface area contributed by atoms with Crippen LogP contribution in [0.1, 0.15) is 21.5 Å². The topological polar surface area (TPSA) is 62.7 Å². The molecule has 0 aliphatic heterocycles. The quantitative estimate of drug-likeness (QED) is 0.867. The molecule has 104 valence electrons. The molecular formula is C15H16N2O3. The zero-order valence-electron chi connectivity index (χ0n) is 11.6. The van der Waals surface area contributed by atoms with Crippen molar-refractivity contribution in [2.45, 2.75) is 13.8 Å². The van der Waals surface area contributed by atoms with Gasteiger partial charge in [0, 0.05) is 19.3 Å². The Kier molecular flexibility index (Phi) is 3.89. The molecule has 0 spiro atoms. The summed E-state index contributed by atoms with van der Waals surface area (Å²) in [6.07, 6.45) is 1.73. The number of hydrogen-bond acceptors (Lipinski definition) is 4. The first kappa shape index (κ1) is 13.9. The number of aromatic carboxylic acids is 1. The van der Waals surface area contributed by atoms with Gasteiger partial charge in [-0.25, -0.2) is 14.8 Å². The van der Waals surface area contributed by atoms with E-state index in [4.69, 9.17) is 9.94 Å². The van der Waals surface area contributed by atoms with Gasteiger partial charge in [-0.2, -0.15) is 0 Å². The van der Waals surface area contributed by atoms with Gasteiger partial charge in [-0.05, 0) is 43.2 Å². The van der Waals surface area contributed by atoms with Crippen LogP contribution in [-0.4, -0.2) is 23.1 Å². The first-order valence-corrected chi connectivity index (χ1v) is 6.15. The average molecular weight is 272 g/mol. The summed E-state index contributed by atoms with van der Waals surface area (Å²) in [4.78, 5) is 20.7. The van der Waals surface area contributed by atoms with E-state index in [1.54, 1.807) is 42.6 Å².